The quantitative estimate of drug-likeness (QED) is 0.532. The first-order valence-corrected chi connectivity index (χ1v) is 8.92. The predicted octanol–water partition coefficient (Wildman–Crippen LogP) is 3.08. The second kappa shape index (κ2) is 8.75. The minimum Gasteiger partial charge on any atom is -0.490 e. The third-order valence-electron chi connectivity index (χ3n) is 3.48. The lowest BCUT2D eigenvalue weighted by Crippen LogP contribution is -2.34. The van der Waals surface area contributed by atoms with Gasteiger partial charge in [-0.15, -0.1) is 0 Å². The van der Waals surface area contributed by atoms with E-state index in [0.717, 1.165) is 11.8 Å². The van der Waals surface area contributed by atoms with Crippen molar-refractivity contribution in [3.05, 3.63) is 28.7 Å². The Kier molecular flexibility index (Phi) is 6.68. The van der Waals surface area contributed by atoms with Crippen molar-refractivity contribution in [2.75, 3.05) is 20.3 Å². The van der Waals surface area contributed by atoms with Gasteiger partial charge in [-0.25, -0.2) is 4.79 Å². The Morgan fingerprint density at radius 1 is 1.23 bits per heavy atom. The highest BCUT2D eigenvalue weighted by molar-refractivity contribution is 8.18. The number of thioether (sulfide) groups is 1. The zero-order valence-corrected chi connectivity index (χ0v) is 15.9. The summed E-state index contributed by atoms with van der Waals surface area (Å²) in [5.41, 5.74) is 0.688. The van der Waals surface area contributed by atoms with Crippen LogP contribution in [0.5, 0.6) is 11.5 Å². The molecule has 2 amide bonds. The van der Waals surface area contributed by atoms with Crippen molar-refractivity contribution >= 4 is 35.0 Å². The van der Waals surface area contributed by atoms with Crippen molar-refractivity contribution in [3.8, 4) is 11.5 Å². The predicted molar refractivity (Wildman–Crippen MR) is 98.1 cm³/mol. The van der Waals surface area contributed by atoms with Crippen LogP contribution in [0, 0.1) is 0 Å². The van der Waals surface area contributed by atoms with Gasteiger partial charge in [-0.05, 0) is 56.3 Å². The van der Waals surface area contributed by atoms with E-state index in [2.05, 4.69) is 4.74 Å². The van der Waals surface area contributed by atoms with Gasteiger partial charge in [0, 0.05) is 6.04 Å². The molecule has 1 aromatic carbocycles. The summed E-state index contributed by atoms with van der Waals surface area (Å²) in [7, 11) is 1.28. The Bertz CT molecular complexity index is 743. The number of hydrogen-bond donors (Lipinski definition) is 0. The molecule has 2 rings (SSSR count). The first-order valence-electron chi connectivity index (χ1n) is 8.10. The number of amides is 2. The third kappa shape index (κ3) is 4.57. The Morgan fingerprint density at radius 3 is 2.54 bits per heavy atom. The lowest BCUT2D eigenvalue weighted by atomic mass is 10.1. The summed E-state index contributed by atoms with van der Waals surface area (Å²) >= 11 is 0.911. The van der Waals surface area contributed by atoms with Gasteiger partial charge in [0.15, 0.2) is 18.1 Å². The molecular weight excluding hydrogens is 358 g/mol. The molecule has 26 heavy (non-hydrogen) atoms. The molecule has 0 N–H and O–H groups in total. The van der Waals surface area contributed by atoms with Gasteiger partial charge in [0.2, 0.25) is 0 Å². The maximum absolute atomic E-state index is 12.4. The maximum Gasteiger partial charge on any atom is 0.343 e. The second-order valence-electron chi connectivity index (χ2n) is 5.65. The number of nitrogens with zero attached hydrogens (tertiary/aromatic N) is 1. The lowest BCUT2D eigenvalue weighted by molar-refractivity contribution is -0.143. The summed E-state index contributed by atoms with van der Waals surface area (Å²) in [5, 5.41) is -0.278. The largest absolute Gasteiger partial charge is 0.490 e. The number of hydrogen-bond acceptors (Lipinski definition) is 7. The normalized spacial score (nSPS) is 15.7. The smallest absolute Gasteiger partial charge is 0.343 e. The molecule has 1 aliphatic heterocycles. The second-order valence-corrected chi connectivity index (χ2v) is 6.64. The molecule has 0 aromatic heterocycles. The van der Waals surface area contributed by atoms with Crippen molar-refractivity contribution < 1.29 is 28.6 Å². The Hall–Kier alpha value is -2.48. The van der Waals surface area contributed by atoms with Crippen LogP contribution in [0.4, 0.5) is 4.79 Å². The number of ether oxygens (including phenoxy) is 3. The van der Waals surface area contributed by atoms with Crippen molar-refractivity contribution in [1.29, 1.82) is 0 Å². The van der Waals surface area contributed by atoms with Crippen LogP contribution >= 0.6 is 11.8 Å². The molecule has 8 heteroatoms. The molecule has 0 saturated carbocycles. The van der Waals surface area contributed by atoms with E-state index in [4.69, 9.17) is 9.47 Å². The Balaban J connectivity index is 2.25. The van der Waals surface area contributed by atoms with E-state index in [0.29, 0.717) is 28.6 Å². The van der Waals surface area contributed by atoms with Gasteiger partial charge in [0.25, 0.3) is 11.1 Å². The summed E-state index contributed by atoms with van der Waals surface area (Å²) in [4.78, 5) is 37.1. The minimum atomic E-state index is -0.501. The van der Waals surface area contributed by atoms with Crippen molar-refractivity contribution in [2.45, 2.75) is 26.8 Å². The first kappa shape index (κ1) is 19.8. The van der Waals surface area contributed by atoms with Crippen LogP contribution in [-0.4, -0.2) is 48.4 Å². The summed E-state index contributed by atoms with van der Waals surface area (Å²) in [6.45, 7) is 5.58. The first-order chi connectivity index (χ1) is 12.4. The highest BCUT2D eigenvalue weighted by Crippen LogP contribution is 2.35. The standard InChI is InChI=1S/C18H21NO6S/c1-5-24-14-8-12(6-7-13(14)25-10-16(20)23-4)9-15-17(21)19(11(2)3)18(22)26-15/h6-9,11H,5,10H2,1-4H3/b15-9+. The number of rotatable bonds is 7. The molecule has 0 unspecified atom stereocenters. The van der Waals surface area contributed by atoms with E-state index in [-0.39, 0.29) is 23.8 Å². The number of carbonyl (C=O) groups excluding carboxylic acids is 3. The van der Waals surface area contributed by atoms with E-state index < -0.39 is 5.97 Å². The number of methoxy groups -OCH3 is 1. The lowest BCUT2D eigenvalue weighted by Gasteiger charge is -2.16. The summed E-state index contributed by atoms with van der Waals surface area (Å²) < 4.78 is 15.5. The third-order valence-corrected chi connectivity index (χ3v) is 4.36. The average Bonchev–Trinajstić information content (AvgIpc) is 2.87. The van der Waals surface area contributed by atoms with Crippen molar-refractivity contribution in [3.63, 3.8) is 0 Å². The van der Waals surface area contributed by atoms with Crippen LogP contribution in [-0.2, 0) is 14.3 Å². The van der Waals surface area contributed by atoms with Gasteiger partial charge in [0.1, 0.15) is 0 Å². The summed E-state index contributed by atoms with van der Waals surface area (Å²) in [6, 6.07) is 4.87. The van der Waals surface area contributed by atoms with Crippen LogP contribution in [0.2, 0.25) is 0 Å². The molecule has 0 radical (unpaired) electrons. The van der Waals surface area contributed by atoms with Gasteiger partial charge >= 0.3 is 5.97 Å². The van der Waals surface area contributed by atoms with Gasteiger partial charge in [-0.1, -0.05) is 6.07 Å². The zero-order valence-electron chi connectivity index (χ0n) is 15.1. The monoisotopic (exact) mass is 379 g/mol. The average molecular weight is 379 g/mol. The highest BCUT2D eigenvalue weighted by atomic mass is 32.2. The molecule has 1 fully saturated rings. The summed E-state index contributed by atoms with van der Waals surface area (Å²) in [5.74, 6) is 0.0239. The van der Waals surface area contributed by atoms with Crippen LogP contribution in [0.25, 0.3) is 6.08 Å². The van der Waals surface area contributed by atoms with Crippen LogP contribution in [0.3, 0.4) is 0 Å². The number of carbonyl (C=O) groups is 3. The fourth-order valence-corrected chi connectivity index (χ4v) is 3.23. The fourth-order valence-electron chi connectivity index (χ4n) is 2.27. The highest BCUT2D eigenvalue weighted by Gasteiger charge is 2.36. The van der Waals surface area contributed by atoms with E-state index in [1.807, 2.05) is 6.92 Å². The zero-order chi connectivity index (χ0) is 19.3. The van der Waals surface area contributed by atoms with Crippen LogP contribution in [0.15, 0.2) is 23.1 Å². The topological polar surface area (TPSA) is 82.1 Å². The van der Waals surface area contributed by atoms with Crippen LogP contribution < -0.4 is 9.47 Å². The molecular formula is C18H21NO6S. The SMILES string of the molecule is CCOc1cc(/C=C2/SC(=O)N(C(C)C)C2=O)ccc1OCC(=O)OC. The van der Waals surface area contributed by atoms with Gasteiger partial charge in [-0.3, -0.25) is 14.5 Å². The molecule has 1 saturated heterocycles. The number of benzene rings is 1. The Labute approximate surface area is 156 Å². The molecule has 0 bridgehead atoms. The van der Waals surface area contributed by atoms with Crippen molar-refractivity contribution in [1.82, 2.24) is 4.90 Å². The molecule has 1 aliphatic rings. The van der Waals surface area contributed by atoms with Crippen molar-refractivity contribution in [2.24, 2.45) is 0 Å². The maximum atomic E-state index is 12.4. The minimum absolute atomic E-state index is 0.193. The number of esters is 1. The molecule has 1 heterocycles. The van der Waals surface area contributed by atoms with Gasteiger partial charge < -0.3 is 14.2 Å². The van der Waals surface area contributed by atoms with Crippen LogP contribution in [0.1, 0.15) is 26.3 Å². The number of imide groups is 1. The van der Waals surface area contributed by atoms with E-state index in [1.54, 1.807) is 38.1 Å². The fraction of sp³-hybridized carbons (Fsp3) is 0.389. The molecule has 0 aliphatic carbocycles. The Morgan fingerprint density at radius 2 is 1.96 bits per heavy atom. The summed E-state index contributed by atoms with van der Waals surface area (Å²) in [6.07, 6.45) is 1.64. The van der Waals surface area contributed by atoms with Gasteiger partial charge in [0.05, 0.1) is 18.6 Å². The molecule has 7 nitrogen and oxygen atoms in total. The van der Waals surface area contributed by atoms with E-state index >= 15 is 0 Å². The molecule has 1 aromatic rings. The molecule has 0 atom stereocenters. The van der Waals surface area contributed by atoms with Gasteiger partial charge in [-0.2, -0.15) is 0 Å². The molecule has 140 valence electrons. The van der Waals surface area contributed by atoms with E-state index in [9.17, 15) is 14.4 Å². The molecule has 0 spiro atoms. The van der Waals surface area contributed by atoms with E-state index in [1.165, 1.54) is 12.0 Å².